The minimum atomic E-state index is -0.00329. The standard InChI is InChI=1S/C8H14N4O/c1-2-9-6-8(13)10-5-7-3-4-11-12-7/h3-4,9H,2,5-6H2,1H3,(H,10,13)(H,11,12). The monoisotopic (exact) mass is 182 g/mol. The molecule has 72 valence electrons. The Bertz CT molecular complexity index is 245. The van der Waals surface area contributed by atoms with Gasteiger partial charge in [0.1, 0.15) is 0 Å². The summed E-state index contributed by atoms with van der Waals surface area (Å²) in [4.78, 5) is 11.1. The molecule has 0 saturated carbocycles. The van der Waals surface area contributed by atoms with Gasteiger partial charge in [-0.05, 0) is 12.6 Å². The van der Waals surface area contributed by atoms with E-state index in [2.05, 4.69) is 20.8 Å². The van der Waals surface area contributed by atoms with Gasteiger partial charge in [-0.1, -0.05) is 6.92 Å². The van der Waals surface area contributed by atoms with Gasteiger partial charge in [0, 0.05) is 6.20 Å². The van der Waals surface area contributed by atoms with Crippen LogP contribution in [0.25, 0.3) is 0 Å². The predicted molar refractivity (Wildman–Crippen MR) is 49.0 cm³/mol. The predicted octanol–water partition coefficient (Wildman–Crippen LogP) is -0.365. The lowest BCUT2D eigenvalue weighted by atomic mass is 10.4. The Balaban J connectivity index is 2.15. The topological polar surface area (TPSA) is 69.8 Å². The molecule has 0 radical (unpaired) electrons. The highest BCUT2D eigenvalue weighted by Gasteiger charge is 1.99. The zero-order chi connectivity index (χ0) is 9.52. The molecule has 13 heavy (non-hydrogen) atoms. The lowest BCUT2D eigenvalue weighted by Gasteiger charge is -2.03. The third-order valence-electron chi connectivity index (χ3n) is 1.57. The van der Waals surface area contributed by atoms with Gasteiger partial charge >= 0.3 is 0 Å². The summed E-state index contributed by atoms with van der Waals surface area (Å²) >= 11 is 0. The van der Waals surface area contributed by atoms with E-state index in [1.165, 1.54) is 0 Å². The second-order valence-corrected chi connectivity index (χ2v) is 2.64. The van der Waals surface area contributed by atoms with Gasteiger partial charge in [-0.2, -0.15) is 5.10 Å². The van der Waals surface area contributed by atoms with Crippen LogP contribution in [0.2, 0.25) is 0 Å². The van der Waals surface area contributed by atoms with E-state index in [0.29, 0.717) is 13.1 Å². The molecule has 1 amide bonds. The van der Waals surface area contributed by atoms with Crippen LogP contribution in [-0.4, -0.2) is 29.2 Å². The van der Waals surface area contributed by atoms with Crippen molar-refractivity contribution < 1.29 is 4.79 Å². The zero-order valence-electron chi connectivity index (χ0n) is 7.63. The van der Waals surface area contributed by atoms with Crippen molar-refractivity contribution in [3.63, 3.8) is 0 Å². The highest BCUT2D eigenvalue weighted by Crippen LogP contribution is 1.88. The number of aromatic amines is 1. The second-order valence-electron chi connectivity index (χ2n) is 2.64. The number of nitrogens with zero attached hydrogens (tertiary/aromatic N) is 1. The van der Waals surface area contributed by atoms with Gasteiger partial charge in [-0.3, -0.25) is 9.89 Å². The maximum atomic E-state index is 11.1. The van der Waals surface area contributed by atoms with Crippen LogP contribution in [0.4, 0.5) is 0 Å². The molecule has 0 unspecified atom stereocenters. The minimum Gasteiger partial charge on any atom is -0.349 e. The lowest BCUT2D eigenvalue weighted by molar-refractivity contribution is -0.120. The maximum Gasteiger partial charge on any atom is 0.234 e. The first-order valence-corrected chi connectivity index (χ1v) is 4.28. The first-order valence-electron chi connectivity index (χ1n) is 4.28. The summed E-state index contributed by atoms with van der Waals surface area (Å²) in [6, 6.07) is 1.83. The second kappa shape index (κ2) is 5.31. The van der Waals surface area contributed by atoms with E-state index >= 15 is 0 Å². The quantitative estimate of drug-likeness (QED) is 0.582. The van der Waals surface area contributed by atoms with Gasteiger partial charge < -0.3 is 10.6 Å². The molecule has 1 rings (SSSR count). The number of amides is 1. The minimum absolute atomic E-state index is 0.00329. The van der Waals surface area contributed by atoms with Gasteiger partial charge in [-0.25, -0.2) is 0 Å². The summed E-state index contributed by atoms with van der Waals surface area (Å²) in [5.74, 6) is -0.00329. The molecule has 0 aliphatic carbocycles. The van der Waals surface area contributed by atoms with Crippen molar-refractivity contribution in [1.29, 1.82) is 0 Å². The van der Waals surface area contributed by atoms with Crippen molar-refractivity contribution in [3.05, 3.63) is 18.0 Å². The van der Waals surface area contributed by atoms with Gasteiger partial charge in [0.2, 0.25) is 5.91 Å². The van der Waals surface area contributed by atoms with Crippen LogP contribution in [0.15, 0.2) is 12.3 Å². The molecular weight excluding hydrogens is 168 g/mol. The molecule has 0 atom stereocenters. The van der Waals surface area contributed by atoms with Crippen molar-refractivity contribution in [2.75, 3.05) is 13.1 Å². The molecule has 0 spiro atoms. The normalized spacial score (nSPS) is 9.92. The van der Waals surface area contributed by atoms with E-state index < -0.39 is 0 Å². The summed E-state index contributed by atoms with van der Waals surface area (Å²) in [5.41, 5.74) is 0.907. The molecular formula is C8H14N4O. The Labute approximate surface area is 76.9 Å². The number of hydrogen-bond acceptors (Lipinski definition) is 3. The molecule has 1 aromatic heterocycles. The molecule has 3 N–H and O–H groups in total. The average molecular weight is 182 g/mol. The van der Waals surface area contributed by atoms with Crippen LogP contribution in [0, 0.1) is 0 Å². The van der Waals surface area contributed by atoms with E-state index in [1.54, 1.807) is 6.20 Å². The molecule has 0 saturated heterocycles. The number of H-pyrrole nitrogens is 1. The van der Waals surface area contributed by atoms with E-state index in [-0.39, 0.29) is 5.91 Å². The van der Waals surface area contributed by atoms with E-state index in [1.807, 2.05) is 13.0 Å². The van der Waals surface area contributed by atoms with Crippen LogP contribution < -0.4 is 10.6 Å². The van der Waals surface area contributed by atoms with Crippen molar-refractivity contribution in [2.24, 2.45) is 0 Å². The Morgan fingerprint density at radius 1 is 1.69 bits per heavy atom. The van der Waals surface area contributed by atoms with Crippen molar-refractivity contribution in [1.82, 2.24) is 20.8 Å². The van der Waals surface area contributed by atoms with Crippen LogP contribution in [0.5, 0.6) is 0 Å². The number of hydrogen-bond donors (Lipinski definition) is 3. The lowest BCUT2D eigenvalue weighted by Crippen LogP contribution is -2.33. The summed E-state index contributed by atoms with van der Waals surface area (Å²) in [6.07, 6.45) is 1.66. The van der Waals surface area contributed by atoms with Gasteiger partial charge in [-0.15, -0.1) is 0 Å². The van der Waals surface area contributed by atoms with Crippen LogP contribution in [-0.2, 0) is 11.3 Å². The molecule has 1 heterocycles. The number of carbonyl (C=O) groups excluding carboxylic acids is 1. The molecule has 0 bridgehead atoms. The van der Waals surface area contributed by atoms with Crippen molar-refractivity contribution in [3.8, 4) is 0 Å². The van der Waals surface area contributed by atoms with E-state index in [0.717, 1.165) is 12.2 Å². The molecule has 0 aromatic carbocycles. The molecule has 5 heteroatoms. The largest absolute Gasteiger partial charge is 0.349 e. The molecule has 5 nitrogen and oxygen atoms in total. The Hall–Kier alpha value is -1.36. The average Bonchev–Trinajstić information content (AvgIpc) is 2.64. The fraction of sp³-hybridized carbons (Fsp3) is 0.500. The van der Waals surface area contributed by atoms with Gasteiger partial charge in [0.05, 0.1) is 18.8 Å². The smallest absolute Gasteiger partial charge is 0.234 e. The highest BCUT2D eigenvalue weighted by atomic mass is 16.1. The Morgan fingerprint density at radius 3 is 3.15 bits per heavy atom. The van der Waals surface area contributed by atoms with Crippen molar-refractivity contribution >= 4 is 5.91 Å². The van der Waals surface area contributed by atoms with E-state index in [4.69, 9.17) is 0 Å². The number of likely N-dealkylation sites (N-methyl/N-ethyl adjacent to an activating group) is 1. The van der Waals surface area contributed by atoms with Crippen LogP contribution in [0.3, 0.4) is 0 Å². The fourth-order valence-electron chi connectivity index (χ4n) is 0.878. The van der Waals surface area contributed by atoms with Crippen molar-refractivity contribution in [2.45, 2.75) is 13.5 Å². The molecule has 0 fully saturated rings. The first kappa shape index (κ1) is 9.73. The SMILES string of the molecule is CCNCC(=O)NCc1ccn[nH]1. The molecule has 1 aromatic rings. The summed E-state index contributed by atoms with van der Waals surface area (Å²) in [6.45, 7) is 3.63. The fourth-order valence-corrected chi connectivity index (χ4v) is 0.878. The highest BCUT2D eigenvalue weighted by molar-refractivity contribution is 5.77. The summed E-state index contributed by atoms with van der Waals surface area (Å²) < 4.78 is 0. The Kier molecular flexibility index (Phi) is 3.98. The zero-order valence-corrected chi connectivity index (χ0v) is 7.63. The number of rotatable bonds is 5. The number of nitrogens with one attached hydrogen (secondary N) is 3. The van der Waals surface area contributed by atoms with Gasteiger partial charge in [0.25, 0.3) is 0 Å². The van der Waals surface area contributed by atoms with E-state index in [9.17, 15) is 4.79 Å². The molecule has 0 aliphatic rings. The number of aromatic nitrogens is 2. The van der Waals surface area contributed by atoms with Crippen LogP contribution >= 0.6 is 0 Å². The third kappa shape index (κ3) is 3.71. The first-order chi connectivity index (χ1) is 6.33. The van der Waals surface area contributed by atoms with Crippen LogP contribution in [0.1, 0.15) is 12.6 Å². The third-order valence-corrected chi connectivity index (χ3v) is 1.57. The maximum absolute atomic E-state index is 11.1. The summed E-state index contributed by atoms with van der Waals surface area (Å²) in [5, 5.41) is 12.2. The number of carbonyl (C=O) groups is 1. The molecule has 0 aliphatic heterocycles. The van der Waals surface area contributed by atoms with Gasteiger partial charge in [0.15, 0.2) is 0 Å². The Morgan fingerprint density at radius 2 is 2.54 bits per heavy atom. The summed E-state index contributed by atoms with van der Waals surface area (Å²) in [7, 11) is 0.